The van der Waals surface area contributed by atoms with Gasteiger partial charge in [-0.15, -0.1) is 0 Å². The number of benzene rings is 2. The van der Waals surface area contributed by atoms with Crippen molar-refractivity contribution in [2.45, 2.75) is 12.5 Å². The third kappa shape index (κ3) is 4.05. The molecule has 2 aromatic carbocycles. The molecule has 5 heteroatoms. The molecule has 2 aromatic rings. The van der Waals surface area contributed by atoms with Crippen LogP contribution in [0.15, 0.2) is 48.5 Å². The maximum absolute atomic E-state index is 13.1. The molecule has 1 atom stereocenters. The number of hydrogen-bond donors (Lipinski definition) is 1. The summed E-state index contributed by atoms with van der Waals surface area (Å²) in [6.45, 7) is 0. The summed E-state index contributed by atoms with van der Waals surface area (Å²) in [6, 6.07) is 13.9. The summed E-state index contributed by atoms with van der Waals surface area (Å²) in [5.41, 5.74) is 0.904. The van der Waals surface area contributed by atoms with Gasteiger partial charge in [-0.05, 0) is 35.9 Å². The Morgan fingerprint density at radius 2 is 2.05 bits per heavy atom. The fourth-order valence-corrected chi connectivity index (χ4v) is 1.86. The van der Waals surface area contributed by atoms with E-state index < -0.39 is 17.9 Å². The molecule has 0 saturated heterocycles. The van der Waals surface area contributed by atoms with Crippen LogP contribution in [0.25, 0.3) is 0 Å². The molecule has 1 N–H and O–H groups in total. The van der Waals surface area contributed by atoms with Gasteiger partial charge >= 0.3 is 5.97 Å². The van der Waals surface area contributed by atoms with Crippen molar-refractivity contribution in [3.8, 4) is 11.8 Å². The Kier molecular flexibility index (Phi) is 4.52. The number of halogens is 1. The molecule has 0 heterocycles. The highest BCUT2D eigenvalue weighted by atomic mass is 19.1. The zero-order valence-electron chi connectivity index (χ0n) is 11.0. The Bertz CT molecular complexity index is 694. The van der Waals surface area contributed by atoms with Crippen LogP contribution in [-0.4, -0.2) is 17.2 Å². The second-order valence-corrected chi connectivity index (χ2v) is 4.42. The summed E-state index contributed by atoms with van der Waals surface area (Å²) in [7, 11) is 0. The van der Waals surface area contributed by atoms with Gasteiger partial charge in [-0.25, -0.2) is 9.18 Å². The van der Waals surface area contributed by atoms with Gasteiger partial charge in [0.1, 0.15) is 11.6 Å². The van der Waals surface area contributed by atoms with Gasteiger partial charge in [-0.2, -0.15) is 5.26 Å². The van der Waals surface area contributed by atoms with Crippen molar-refractivity contribution < 1.29 is 19.0 Å². The fraction of sp³-hybridized carbons (Fsp3) is 0.125. The number of aliphatic carboxylic acids is 1. The van der Waals surface area contributed by atoms with Crippen LogP contribution in [0, 0.1) is 17.1 Å². The number of nitrogens with zero attached hydrogens (tertiary/aromatic N) is 1. The predicted molar refractivity (Wildman–Crippen MR) is 73.3 cm³/mol. The number of carbonyl (C=O) groups is 1. The quantitative estimate of drug-likeness (QED) is 0.917. The van der Waals surface area contributed by atoms with Gasteiger partial charge in [0.25, 0.3) is 0 Å². The molecule has 4 nitrogen and oxygen atoms in total. The van der Waals surface area contributed by atoms with Crippen LogP contribution in [0.1, 0.15) is 11.1 Å². The van der Waals surface area contributed by atoms with Gasteiger partial charge in [-0.1, -0.05) is 18.2 Å². The van der Waals surface area contributed by atoms with Crippen LogP contribution in [-0.2, 0) is 11.2 Å². The first-order valence-electron chi connectivity index (χ1n) is 6.22. The summed E-state index contributed by atoms with van der Waals surface area (Å²) in [5, 5.41) is 18.0. The largest absolute Gasteiger partial charge is 0.478 e. The first-order chi connectivity index (χ1) is 10.1. The Balaban J connectivity index is 2.16. The molecule has 0 aromatic heterocycles. The Morgan fingerprint density at radius 1 is 1.29 bits per heavy atom. The number of carboxylic acids is 1. The molecule has 0 aliphatic heterocycles. The van der Waals surface area contributed by atoms with Crippen molar-refractivity contribution in [1.29, 1.82) is 5.26 Å². The van der Waals surface area contributed by atoms with Crippen LogP contribution < -0.4 is 4.74 Å². The zero-order chi connectivity index (χ0) is 15.2. The Labute approximate surface area is 121 Å². The first-order valence-corrected chi connectivity index (χ1v) is 6.22. The highest BCUT2D eigenvalue weighted by molar-refractivity contribution is 5.73. The number of ether oxygens (including phenoxy) is 1. The lowest BCUT2D eigenvalue weighted by molar-refractivity contribution is -0.145. The van der Waals surface area contributed by atoms with Crippen molar-refractivity contribution >= 4 is 5.97 Å². The van der Waals surface area contributed by atoms with Gasteiger partial charge < -0.3 is 9.84 Å². The lowest BCUT2D eigenvalue weighted by Gasteiger charge is -2.15. The number of nitriles is 1. The van der Waals surface area contributed by atoms with Crippen molar-refractivity contribution in [2.75, 3.05) is 0 Å². The van der Waals surface area contributed by atoms with Gasteiger partial charge in [0.05, 0.1) is 11.6 Å². The SMILES string of the molecule is N#Cc1cccc(O[C@H](Cc2cccc(F)c2)C(=O)O)c1. The van der Waals surface area contributed by atoms with E-state index in [0.717, 1.165) is 0 Å². The third-order valence-electron chi connectivity index (χ3n) is 2.83. The lowest BCUT2D eigenvalue weighted by atomic mass is 10.1. The molecule has 0 aliphatic carbocycles. The summed E-state index contributed by atoms with van der Waals surface area (Å²) in [5.74, 6) is -1.29. The lowest BCUT2D eigenvalue weighted by Crippen LogP contribution is -2.29. The normalized spacial score (nSPS) is 11.4. The average Bonchev–Trinajstić information content (AvgIpc) is 2.47. The van der Waals surface area contributed by atoms with Gasteiger partial charge in [0.15, 0.2) is 6.10 Å². The topological polar surface area (TPSA) is 70.3 Å². The minimum atomic E-state index is -1.15. The van der Waals surface area contributed by atoms with Crippen molar-refractivity contribution in [3.63, 3.8) is 0 Å². The standard InChI is InChI=1S/C16H12FNO3/c17-13-5-1-3-11(7-13)9-15(16(19)20)21-14-6-2-4-12(8-14)10-18/h1-8,15H,9H2,(H,19,20)/t15-/m1/s1. The van der Waals surface area contributed by atoms with E-state index >= 15 is 0 Å². The monoisotopic (exact) mass is 285 g/mol. The molecule has 106 valence electrons. The van der Waals surface area contributed by atoms with E-state index in [4.69, 9.17) is 10.00 Å². The summed E-state index contributed by atoms with van der Waals surface area (Å²) >= 11 is 0. The van der Waals surface area contributed by atoms with Crippen LogP contribution in [0.3, 0.4) is 0 Å². The van der Waals surface area contributed by atoms with Crippen molar-refractivity contribution in [1.82, 2.24) is 0 Å². The predicted octanol–water partition coefficient (Wildman–Crippen LogP) is 2.77. The van der Waals surface area contributed by atoms with Gasteiger partial charge in [0.2, 0.25) is 0 Å². The molecule has 0 bridgehead atoms. The van der Waals surface area contributed by atoms with Crippen LogP contribution in [0.5, 0.6) is 5.75 Å². The molecule has 0 fully saturated rings. The highest BCUT2D eigenvalue weighted by Crippen LogP contribution is 2.17. The minimum absolute atomic E-state index is 0.0316. The number of rotatable bonds is 5. The summed E-state index contributed by atoms with van der Waals surface area (Å²) in [4.78, 5) is 11.3. The van der Waals surface area contributed by atoms with Gasteiger partial charge in [-0.3, -0.25) is 0 Å². The smallest absolute Gasteiger partial charge is 0.345 e. The molecule has 0 amide bonds. The van der Waals surface area contributed by atoms with E-state index in [2.05, 4.69) is 0 Å². The molecule has 0 unspecified atom stereocenters. The second kappa shape index (κ2) is 6.53. The van der Waals surface area contributed by atoms with E-state index in [-0.39, 0.29) is 12.2 Å². The summed E-state index contributed by atoms with van der Waals surface area (Å²) in [6.07, 6.45) is -1.12. The third-order valence-corrected chi connectivity index (χ3v) is 2.83. The Morgan fingerprint density at radius 3 is 2.71 bits per heavy atom. The molecular formula is C16H12FNO3. The van der Waals surface area contributed by atoms with E-state index in [9.17, 15) is 14.3 Å². The molecule has 21 heavy (non-hydrogen) atoms. The minimum Gasteiger partial charge on any atom is -0.478 e. The molecule has 0 aliphatic rings. The molecule has 2 rings (SSSR count). The van der Waals surface area contributed by atoms with Crippen LogP contribution >= 0.6 is 0 Å². The molecular weight excluding hydrogens is 273 g/mol. The number of hydrogen-bond acceptors (Lipinski definition) is 3. The maximum atomic E-state index is 13.1. The van der Waals surface area contributed by atoms with Crippen molar-refractivity contribution in [2.24, 2.45) is 0 Å². The zero-order valence-corrected chi connectivity index (χ0v) is 11.0. The average molecular weight is 285 g/mol. The van der Waals surface area contributed by atoms with Crippen LogP contribution in [0.4, 0.5) is 4.39 Å². The van der Waals surface area contributed by atoms with E-state index in [1.165, 1.54) is 24.3 Å². The van der Waals surface area contributed by atoms with E-state index in [0.29, 0.717) is 11.1 Å². The molecule has 0 radical (unpaired) electrons. The second-order valence-electron chi connectivity index (χ2n) is 4.42. The highest BCUT2D eigenvalue weighted by Gasteiger charge is 2.20. The molecule has 0 spiro atoms. The Hall–Kier alpha value is -2.87. The van der Waals surface area contributed by atoms with Crippen molar-refractivity contribution in [3.05, 3.63) is 65.5 Å². The maximum Gasteiger partial charge on any atom is 0.345 e. The van der Waals surface area contributed by atoms with E-state index in [1.807, 2.05) is 6.07 Å². The fourth-order valence-electron chi connectivity index (χ4n) is 1.86. The van der Waals surface area contributed by atoms with E-state index in [1.54, 1.807) is 24.3 Å². The number of carboxylic acid groups (broad SMARTS) is 1. The molecule has 0 saturated carbocycles. The van der Waals surface area contributed by atoms with Crippen LogP contribution in [0.2, 0.25) is 0 Å². The van der Waals surface area contributed by atoms with Gasteiger partial charge in [0, 0.05) is 6.42 Å². The first kappa shape index (κ1) is 14.5. The summed E-state index contributed by atoms with van der Waals surface area (Å²) < 4.78 is 18.5.